The van der Waals surface area contributed by atoms with E-state index in [0.717, 1.165) is 17.1 Å². The molecule has 1 nitrogen and oxygen atoms in total. The predicted octanol–water partition coefficient (Wildman–Crippen LogP) is 15.3. The first-order valence-corrected chi connectivity index (χ1v) is 19.2. The van der Waals surface area contributed by atoms with Crippen LogP contribution in [0.2, 0.25) is 0 Å². The summed E-state index contributed by atoms with van der Waals surface area (Å²) in [6.45, 7) is 0. The predicted molar refractivity (Wildman–Crippen MR) is 233 cm³/mol. The number of hydrogen-bond donors (Lipinski definition) is 0. The minimum Gasteiger partial charge on any atom is -0.311 e. The van der Waals surface area contributed by atoms with Crippen LogP contribution in [0.25, 0.3) is 75.5 Å². The summed E-state index contributed by atoms with van der Waals surface area (Å²) in [6.07, 6.45) is 0. The molecule has 0 saturated heterocycles. The van der Waals surface area contributed by atoms with E-state index in [4.69, 9.17) is 0 Å². The number of fused-ring (bicyclic) bond motifs is 5. The second-order valence-electron chi connectivity index (χ2n) is 13.7. The van der Waals surface area contributed by atoms with E-state index in [2.05, 4.69) is 217 Å². The molecule has 0 atom stereocenters. The summed E-state index contributed by atoms with van der Waals surface area (Å²) < 4.78 is 2.65. The average Bonchev–Trinajstić information content (AvgIpc) is 3.65. The largest absolute Gasteiger partial charge is 0.311 e. The molecule has 0 aliphatic heterocycles. The van der Waals surface area contributed by atoms with Gasteiger partial charge in [-0.15, -0.1) is 11.3 Å². The number of anilines is 3. The zero-order valence-corrected chi connectivity index (χ0v) is 30.4. The van der Waals surface area contributed by atoms with Gasteiger partial charge in [-0.2, -0.15) is 0 Å². The highest BCUT2D eigenvalue weighted by atomic mass is 32.1. The van der Waals surface area contributed by atoms with Gasteiger partial charge in [-0.3, -0.25) is 0 Å². The van der Waals surface area contributed by atoms with Crippen molar-refractivity contribution in [2.75, 3.05) is 4.90 Å². The van der Waals surface area contributed by atoms with Crippen molar-refractivity contribution in [1.29, 1.82) is 0 Å². The van der Waals surface area contributed by atoms with E-state index in [0.29, 0.717) is 0 Å². The Morgan fingerprint density at radius 1 is 0.278 bits per heavy atom. The molecule has 254 valence electrons. The number of hydrogen-bond acceptors (Lipinski definition) is 2. The van der Waals surface area contributed by atoms with Crippen molar-refractivity contribution in [2.24, 2.45) is 0 Å². The highest BCUT2D eigenvalue weighted by Crippen LogP contribution is 2.50. The van der Waals surface area contributed by atoms with Crippen molar-refractivity contribution in [1.82, 2.24) is 0 Å². The summed E-state index contributed by atoms with van der Waals surface area (Å²) in [7, 11) is 0. The lowest BCUT2D eigenvalue weighted by Gasteiger charge is -2.26. The van der Waals surface area contributed by atoms with Crippen LogP contribution in [-0.2, 0) is 0 Å². The maximum absolute atomic E-state index is 2.36. The molecule has 10 rings (SSSR count). The van der Waals surface area contributed by atoms with E-state index >= 15 is 0 Å². The lowest BCUT2D eigenvalue weighted by Crippen LogP contribution is -2.09. The second kappa shape index (κ2) is 13.7. The Kier molecular flexibility index (Phi) is 8.09. The second-order valence-corrected chi connectivity index (χ2v) is 14.7. The van der Waals surface area contributed by atoms with E-state index in [1.807, 2.05) is 11.3 Å². The standard InChI is InChI=1S/C52H35NS/c1-4-14-36(15-5-1)38-24-30-42(31-25-38)53(43-32-26-39(27-33-43)37-16-6-2-7-17-37)44-34-28-41(29-35-44)50-49(40-18-8-3-9-19-40)45-20-10-11-21-46(45)52-51(50)47-22-12-13-23-48(47)54-52/h1-35H. The van der Waals surface area contributed by atoms with Gasteiger partial charge in [-0.25, -0.2) is 0 Å². The Labute approximate surface area is 319 Å². The Morgan fingerprint density at radius 2 is 0.648 bits per heavy atom. The SMILES string of the molecule is c1ccc(-c2ccc(N(c3ccc(-c4ccccc4)cc3)c3ccc(-c4c(-c5ccccc5)c5ccccc5c5sc6ccccc6c45)cc3)cc2)cc1. The summed E-state index contributed by atoms with van der Waals surface area (Å²) in [6, 6.07) is 76.9. The summed E-state index contributed by atoms with van der Waals surface area (Å²) in [4.78, 5) is 2.36. The monoisotopic (exact) mass is 705 g/mol. The number of benzene rings is 9. The third-order valence-electron chi connectivity index (χ3n) is 10.5. The molecule has 0 aliphatic rings. The van der Waals surface area contributed by atoms with Crippen molar-refractivity contribution in [3.8, 4) is 44.5 Å². The first-order valence-electron chi connectivity index (χ1n) is 18.4. The van der Waals surface area contributed by atoms with E-state index in [9.17, 15) is 0 Å². The fraction of sp³-hybridized carbons (Fsp3) is 0. The molecule has 0 aliphatic carbocycles. The number of rotatable bonds is 7. The molecule has 0 saturated carbocycles. The molecule has 0 bridgehead atoms. The molecule has 54 heavy (non-hydrogen) atoms. The van der Waals surface area contributed by atoms with Crippen LogP contribution in [0.3, 0.4) is 0 Å². The summed E-state index contributed by atoms with van der Waals surface area (Å²) >= 11 is 1.90. The Morgan fingerprint density at radius 3 is 1.17 bits per heavy atom. The maximum atomic E-state index is 2.36. The van der Waals surface area contributed by atoms with Gasteiger partial charge in [0.2, 0.25) is 0 Å². The topological polar surface area (TPSA) is 3.24 Å². The average molecular weight is 706 g/mol. The first kappa shape index (κ1) is 32.0. The van der Waals surface area contributed by atoms with Crippen molar-refractivity contribution in [3.63, 3.8) is 0 Å². The third kappa shape index (κ3) is 5.65. The molecule has 0 spiro atoms. The molecule has 0 unspecified atom stereocenters. The summed E-state index contributed by atoms with van der Waals surface area (Å²) in [5.74, 6) is 0. The number of nitrogens with zero attached hydrogens (tertiary/aromatic N) is 1. The van der Waals surface area contributed by atoms with Crippen molar-refractivity contribution in [3.05, 3.63) is 212 Å². The Bertz CT molecular complexity index is 2790. The Balaban J connectivity index is 1.15. The Hall–Kier alpha value is -6.74. The van der Waals surface area contributed by atoms with Crippen molar-refractivity contribution in [2.45, 2.75) is 0 Å². The van der Waals surface area contributed by atoms with Crippen LogP contribution in [0, 0.1) is 0 Å². The molecule has 0 amide bonds. The molecule has 9 aromatic carbocycles. The van der Waals surface area contributed by atoms with Gasteiger partial charge in [-0.05, 0) is 92.4 Å². The van der Waals surface area contributed by atoms with Gasteiger partial charge in [-0.1, -0.05) is 170 Å². The van der Waals surface area contributed by atoms with Crippen molar-refractivity contribution >= 4 is 59.3 Å². The van der Waals surface area contributed by atoms with E-state index in [1.165, 1.54) is 75.5 Å². The highest BCUT2D eigenvalue weighted by Gasteiger charge is 2.22. The minimum absolute atomic E-state index is 1.10. The lowest BCUT2D eigenvalue weighted by molar-refractivity contribution is 1.28. The van der Waals surface area contributed by atoms with Crippen LogP contribution in [-0.4, -0.2) is 0 Å². The normalized spacial score (nSPS) is 11.3. The van der Waals surface area contributed by atoms with Crippen LogP contribution >= 0.6 is 11.3 Å². The van der Waals surface area contributed by atoms with Crippen LogP contribution < -0.4 is 4.90 Å². The van der Waals surface area contributed by atoms with Crippen molar-refractivity contribution < 1.29 is 0 Å². The third-order valence-corrected chi connectivity index (χ3v) is 11.7. The van der Waals surface area contributed by atoms with Crippen LogP contribution in [0.15, 0.2) is 212 Å². The van der Waals surface area contributed by atoms with Gasteiger partial charge in [0, 0.05) is 42.6 Å². The van der Waals surface area contributed by atoms with Crippen LogP contribution in [0.1, 0.15) is 0 Å². The fourth-order valence-corrected chi connectivity index (χ4v) is 9.18. The quantitative estimate of drug-likeness (QED) is 0.160. The van der Waals surface area contributed by atoms with Gasteiger partial charge < -0.3 is 4.90 Å². The van der Waals surface area contributed by atoms with Crippen LogP contribution in [0.5, 0.6) is 0 Å². The molecule has 0 fully saturated rings. The minimum atomic E-state index is 1.10. The highest BCUT2D eigenvalue weighted by molar-refractivity contribution is 7.26. The maximum Gasteiger partial charge on any atom is 0.0462 e. The molecule has 10 aromatic rings. The first-order chi connectivity index (χ1) is 26.8. The van der Waals surface area contributed by atoms with E-state index in [-0.39, 0.29) is 0 Å². The van der Waals surface area contributed by atoms with Gasteiger partial charge in [0.15, 0.2) is 0 Å². The molecule has 1 heterocycles. The molecule has 1 aromatic heterocycles. The zero-order chi connectivity index (χ0) is 35.8. The molecule has 0 N–H and O–H groups in total. The summed E-state index contributed by atoms with van der Waals surface area (Å²) in [5.41, 5.74) is 13.1. The molecule has 2 heteroatoms. The molecule has 0 radical (unpaired) electrons. The summed E-state index contributed by atoms with van der Waals surface area (Å²) in [5, 5.41) is 5.21. The van der Waals surface area contributed by atoms with Gasteiger partial charge >= 0.3 is 0 Å². The van der Waals surface area contributed by atoms with E-state index < -0.39 is 0 Å². The van der Waals surface area contributed by atoms with Gasteiger partial charge in [0.1, 0.15) is 0 Å². The fourth-order valence-electron chi connectivity index (χ4n) is 7.93. The van der Waals surface area contributed by atoms with Crippen LogP contribution in [0.4, 0.5) is 17.1 Å². The zero-order valence-electron chi connectivity index (χ0n) is 29.6. The smallest absolute Gasteiger partial charge is 0.0462 e. The van der Waals surface area contributed by atoms with E-state index in [1.54, 1.807) is 0 Å². The van der Waals surface area contributed by atoms with Gasteiger partial charge in [0.25, 0.3) is 0 Å². The lowest BCUT2D eigenvalue weighted by atomic mass is 9.86. The van der Waals surface area contributed by atoms with Gasteiger partial charge in [0.05, 0.1) is 0 Å². The molecular weight excluding hydrogens is 671 g/mol. The molecular formula is C52H35NS. The number of thiophene rings is 1.